The van der Waals surface area contributed by atoms with Gasteiger partial charge >= 0.3 is 6.18 Å². The highest BCUT2D eigenvalue weighted by atomic mass is 28.4. The summed E-state index contributed by atoms with van der Waals surface area (Å²) in [6.07, 6.45) is -2.15. The van der Waals surface area contributed by atoms with Crippen LogP contribution < -0.4 is 5.32 Å². The third-order valence-corrected chi connectivity index (χ3v) is 13.0. The molecular weight excluding hydrogens is 531 g/mol. The van der Waals surface area contributed by atoms with E-state index in [9.17, 15) is 13.2 Å². The summed E-state index contributed by atoms with van der Waals surface area (Å²) in [6.45, 7) is 15.4. The number of aromatic amines is 1. The number of hydrogen-bond acceptors (Lipinski definition) is 5. The number of piperidine rings is 1. The van der Waals surface area contributed by atoms with E-state index in [4.69, 9.17) is 4.43 Å². The van der Waals surface area contributed by atoms with Gasteiger partial charge in [-0.3, -0.25) is 0 Å². The Morgan fingerprint density at radius 3 is 2.40 bits per heavy atom. The predicted octanol–water partition coefficient (Wildman–Crippen LogP) is 8.07. The van der Waals surface area contributed by atoms with Crippen molar-refractivity contribution in [3.8, 4) is 0 Å². The van der Waals surface area contributed by atoms with E-state index < -0.39 is 20.1 Å². The van der Waals surface area contributed by atoms with Crippen molar-refractivity contribution in [2.24, 2.45) is 0 Å². The molecule has 5 rings (SSSR count). The highest BCUT2D eigenvalue weighted by Crippen LogP contribution is 2.37. The Morgan fingerprint density at radius 2 is 1.70 bits per heavy atom. The van der Waals surface area contributed by atoms with Gasteiger partial charge in [0.05, 0.1) is 22.1 Å². The number of hydrogen-bond donors (Lipinski definition) is 2. The van der Waals surface area contributed by atoms with Crippen LogP contribution in [0.4, 0.5) is 24.9 Å². The van der Waals surface area contributed by atoms with Crippen molar-refractivity contribution < 1.29 is 17.6 Å². The van der Waals surface area contributed by atoms with Gasteiger partial charge in [-0.15, -0.1) is 0 Å². The Bertz CT molecular complexity index is 1490. The quantitative estimate of drug-likeness (QED) is 0.220. The third-order valence-electron chi connectivity index (χ3n) is 8.50. The van der Waals surface area contributed by atoms with Crippen LogP contribution in [0.15, 0.2) is 48.5 Å². The van der Waals surface area contributed by atoms with Crippen molar-refractivity contribution in [2.75, 3.05) is 31.6 Å². The molecule has 1 fully saturated rings. The third kappa shape index (κ3) is 6.34. The second kappa shape index (κ2) is 10.8. The fraction of sp³-hybridized carbons (Fsp3) is 0.467. The number of rotatable bonds is 7. The first-order chi connectivity index (χ1) is 18.8. The highest BCUT2D eigenvalue weighted by Gasteiger charge is 2.37. The Balaban J connectivity index is 1.19. The number of likely N-dealkylation sites (tertiary alicyclic amines) is 1. The summed E-state index contributed by atoms with van der Waals surface area (Å²) >= 11 is 0. The van der Waals surface area contributed by atoms with Gasteiger partial charge in [0, 0.05) is 18.5 Å². The van der Waals surface area contributed by atoms with Gasteiger partial charge in [0.2, 0.25) is 5.95 Å². The lowest BCUT2D eigenvalue weighted by Crippen LogP contribution is -2.43. The van der Waals surface area contributed by atoms with Crippen LogP contribution in [0.2, 0.25) is 18.1 Å². The van der Waals surface area contributed by atoms with Gasteiger partial charge in [0.25, 0.3) is 0 Å². The summed E-state index contributed by atoms with van der Waals surface area (Å²) in [5.74, 6) is 1.56. The number of nitrogens with zero attached hydrogens (tertiary/aromatic N) is 3. The molecule has 1 aliphatic rings. The smallest absolute Gasteiger partial charge is 0.416 e. The van der Waals surface area contributed by atoms with Gasteiger partial charge in [-0.2, -0.15) is 13.2 Å². The molecule has 40 heavy (non-hydrogen) atoms. The van der Waals surface area contributed by atoms with Crippen LogP contribution in [-0.4, -0.2) is 54.4 Å². The molecule has 2 N–H and O–H groups in total. The van der Waals surface area contributed by atoms with Crippen LogP contribution in [0.3, 0.4) is 0 Å². The molecule has 214 valence electrons. The molecule has 0 unspecified atom stereocenters. The second-order valence-electron chi connectivity index (χ2n) is 12.3. The zero-order valence-corrected chi connectivity index (χ0v) is 24.8. The molecule has 0 atom stereocenters. The van der Waals surface area contributed by atoms with Gasteiger partial charge in [0.1, 0.15) is 5.82 Å². The topological polar surface area (TPSA) is 66.1 Å². The van der Waals surface area contributed by atoms with Crippen LogP contribution >= 0.6 is 0 Å². The fourth-order valence-electron chi connectivity index (χ4n) is 4.97. The van der Waals surface area contributed by atoms with Crippen molar-refractivity contribution >= 4 is 42.0 Å². The lowest BCUT2D eigenvalue weighted by Gasteiger charge is -2.37. The number of H-pyrrole nitrogens is 1. The van der Waals surface area contributed by atoms with Crippen LogP contribution in [0.25, 0.3) is 21.9 Å². The van der Waals surface area contributed by atoms with Crippen LogP contribution in [0.1, 0.15) is 50.7 Å². The van der Waals surface area contributed by atoms with E-state index in [1.165, 1.54) is 11.6 Å². The molecule has 0 bridgehead atoms. The molecular formula is C30H38F3N5OSi. The Kier molecular flexibility index (Phi) is 7.71. The van der Waals surface area contributed by atoms with E-state index in [0.717, 1.165) is 62.2 Å². The molecule has 0 spiro atoms. The average Bonchev–Trinajstić information content (AvgIpc) is 3.29. The summed E-state index contributed by atoms with van der Waals surface area (Å²) in [7, 11) is -1.71. The number of nitrogens with one attached hydrogen (secondary N) is 2. The molecule has 1 saturated heterocycles. The van der Waals surface area contributed by atoms with Gasteiger partial charge in [-0.25, -0.2) is 9.97 Å². The lowest BCUT2D eigenvalue weighted by atomic mass is 9.89. The Labute approximate surface area is 234 Å². The summed E-state index contributed by atoms with van der Waals surface area (Å²) in [6, 6.07) is 13.2. The number of fused-ring (bicyclic) bond motifs is 2. The SMILES string of the molecule is CC(C)(C)[Si](C)(C)OCCN1CCC(c2ccc3nc(Nc4ccc5cc(C(F)(F)F)ccc5n4)[nH]c3c2)CC1. The number of aromatic nitrogens is 3. The number of benzene rings is 2. The maximum Gasteiger partial charge on any atom is 0.416 e. The number of halogens is 3. The van der Waals surface area contributed by atoms with E-state index in [-0.39, 0.29) is 5.04 Å². The van der Waals surface area contributed by atoms with Gasteiger partial charge in [-0.1, -0.05) is 26.8 Å². The molecule has 2 aromatic heterocycles. The second-order valence-corrected chi connectivity index (χ2v) is 17.1. The van der Waals surface area contributed by atoms with Crippen molar-refractivity contribution in [1.82, 2.24) is 19.9 Å². The number of imidazole rings is 1. The molecule has 1 aliphatic heterocycles. The fourth-order valence-corrected chi connectivity index (χ4v) is 6.00. The minimum Gasteiger partial charge on any atom is -0.416 e. The molecule has 0 saturated carbocycles. The van der Waals surface area contributed by atoms with E-state index >= 15 is 0 Å². The number of pyridine rings is 1. The highest BCUT2D eigenvalue weighted by molar-refractivity contribution is 6.74. The molecule has 0 amide bonds. The maximum absolute atomic E-state index is 13.0. The van der Waals surface area contributed by atoms with Crippen LogP contribution in [-0.2, 0) is 10.6 Å². The molecule has 3 heterocycles. The van der Waals surface area contributed by atoms with Crippen molar-refractivity contribution in [2.45, 2.75) is 63.8 Å². The van der Waals surface area contributed by atoms with Gasteiger partial charge < -0.3 is 19.6 Å². The van der Waals surface area contributed by atoms with Crippen molar-refractivity contribution in [1.29, 1.82) is 0 Å². The summed E-state index contributed by atoms with van der Waals surface area (Å²) in [5, 5.41) is 3.83. The summed E-state index contributed by atoms with van der Waals surface area (Å²) < 4.78 is 45.4. The van der Waals surface area contributed by atoms with Crippen molar-refractivity contribution in [3.63, 3.8) is 0 Å². The normalized spacial score (nSPS) is 16.2. The lowest BCUT2D eigenvalue weighted by molar-refractivity contribution is -0.137. The first kappa shape index (κ1) is 28.6. The first-order valence-corrected chi connectivity index (χ1v) is 16.8. The Hall–Kier alpha value is -2.95. The molecule has 0 radical (unpaired) electrons. The zero-order chi connectivity index (χ0) is 28.7. The van der Waals surface area contributed by atoms with Gasteiger partial charge in [-0.05, 0) is 98.0 Å². The van der Waals surface area contributed by atoms with Crippen molar-refractivity contribution in [3.05, 3.63) is 59.7 Å². The largest absolute Gasteiger partial charge is 0.416 e. The number of alkyl halides is 3. The van der Waals surface area contributed by atoms with E-state index in [1.807, 2.05) is 6.07 Å². The summed E-state index contributed by atoms with van der Waals surface area (Å²) in [4.78, 5) is 14.9. The van der Waals surface area contributed by atoms with Gasteiger partial charge in [0.15, 0.2) is 8.32 Å². The standard InChI is InChI=1S/C30H38F3N5OSi/c1-29(2,3)40(4,5)39-17-16-38-14-12-20(13-15-38)21-6-9-25-26(19-21)36-28(35-25)37-27-11-7-22-18-23(30(31,32)33)8-10-24(22)34-27/h6-11,18-20H,12-17H2,1-5H3,(H2,34,35,36,37). The summed E-state index contributed by atoms with van der Waals surface area (Å²) in [5.41, 5.74) is 2.90. The molecule has 6 nitrogen and oxygen atoms in total. The average molecular weight is 570 g/mol. The minimum absolute atomic E-state index is 0.233. The molecule has 10 heteroatoms. The predicted molar refractivity (Wildman–Crippen MR) is 158 cm³/mol. The maximum atomic E-state index is 13.0. The first-order valence-electron chi connectivity index (χ1n) is 13.9. The molecule has 0 aliphatic carbocycles. The monoisotopic (exact) mass is 569 g/mol. The number of anilines is 2. The van der Waals surface area contributed by atoms with E-state index in [0.29, 0.717) is 28.6 Å². The van der Waals surface area contributed by atoms with E-state index in [2.05, 4.69) is 71.2 Å². The van der Waals surface area contributed by atoms with Crippen LogP contribution in [0.5, 0.6) is 0 Å². The zero-order valence-electron chi connectivity index (χ0n) is 23.8. The minimum atomic E-state index is -4.38. The van der Waals surface area contributed by atoms with Crippen LogP contribution in [0, 0.1) is 0 Å². The van der Waals surface area contributed by atoms with E-state index in [1.54, 1.807) is 12.1 Å². The molecule has 2 aromatic carbocycles. The molecule has 4 aromatic rings. The Morgan fingerprint density at radius 1 is 0.975 bits per heavy atom.